The van der Waals surface area contributed by atoms with Gasteiger partial charge in [0.25, 0.3) is 0 Å². The molecule has 2 N–H and O–H groups in total. The van der Waals surface area contributed by atoms with Crippen molar-refractivity contribution in [2.45, 2.75) is 39.0 Å². The maximum absolute atomic E-state index is 10.3. The van der Waals surface area contributed by atoms with Gasteiger partial charge < -0.3 is 10.2 Å². The lowest BCUT2D eigenvalue weighted by atomic mass is 9.91. The molecule has 1 fully saturated rings. The van der Waals surface area contributed by atoms with Crippen LogP contribution in [0.15, 0.2) is 24.3 Å². The van der Waals surface area contributed by atoms with Crippen LogP contribution >= 0.6 is 0 Å². The molecule has 0 unspecified atom stereocenters. The smallest absolute Gasteiger partial charge is 0.335 e. The van der Waals surface area contributed by atoms with Crippen molar-refractivity contribution in [2.75, 3.05) is 0 Å². The third-order valence-electron chi connectivity index (χ3n) is 3.27. The van der Waals surface area contributed by atoms with Crippen LogP contribution in [0.4, 0.5) is 0 Å². The van der Waals surface area contributed by atoms with Gasteiger partial charge in [0.15, 0.2) is 0 Å². The highest BCUT2D eigenvalue weighted by Gasteiger charge is 2.06. The Morgan fingerprint density at radius 1 is 0.895 bits per heavy atom. The zero-order valence-corrected chi connectivity index (χ0v) is 11.1. The molecule has 0 spiro atoms. The number of carbonyl (C=O) groups is 2. The van der Waals surface area contributed by atoms with Crippen molar-refractivity contribution in [3.8, 4) is 0 Å². The third kappa shape index (κ3) is 5.55. The molecule has 0 saturated heterocycles. The summed E-state index contributed by atoms with van der Waals surface area (Å²) in [6, 6.07) is 5.02. The molecule has 2 rings (SSSR count). The van der Waals surface area contributed by atoms with Gasteiger partial charge in [0.1, 0.15) is 0 Å². The van der Waals surface area contributed by atoms with E-state index in [0.717, 1.165) is 5.92 Å². The van der Waals surface area contributed by atoms with E-state index in [9.17, 15) is 9.59 Å². The minimum absolute atomic E-state index is 0.0833. The van der Waals surface area contributed by atoms with Crippen LogP contribution in [0.2, 0.25) is 0 Å². The van der Waals surface area contributed by atoms with Crippen molar-refractivity contribution in [3.05, 3.63) is 35.4 Å². The molecular weight excluding hydrogens is 244 g/mol. The van der Waals surface area contributed by atoms with Crippen LogP contribution in [0.3, 0.4) is 0 Å². The number of aromatic carboxylic acids is 2. The lowest BCUT2D eigenvalue weighted by Crippen LogP contribution is -1.99. The summed E-state index contributed by atoms with van der Waals surface area (Å²) in [6.45, 7) is 2.36. The standard InChI is InChI=1S/C8H6O4.C7H14/c9-7(10)5-1-2-6(4-3-5)8(11)12;1-7-5-3-2-4-6-7/h1-4H,(H,9,10)(H,11,12);7H,2-6H2,1H3. The lowest BCUT2D eigenvalue weighted by molar-refractivity contribution is 0.0681. The van der Waals surface area contributed by atoms with Gasteiger partial charge in [-0.3, -0.25) is 0 Å². The van der Waals surface area contributed by atoms with E-state index in [4.69, 9.17) is 10.2 Å². The van der Waals surface area contributed by atoms with Gasteiger partial charge in [-0.25, -0.2) is 9.59 Å². The summed E-state index contributed by atoms with van der Waals surface area (Å²) < 4.78 is 0. The Balaban J connectivity index is 0.000000218. The van der Waals surface area contributed by atoms with Crippen LogP contribution in [0.25, 0.3) is 0 Å². The van der Waals surface area contributed by atoms with E-state index in [1.54, 1.807) is 0 Å². The van der Waals surface area contributed by atoms with E-state index in [-0.39, 0.29) is 11.1 Å². The van der Waals surface area contributed by atoms with Crippen molar-refractivity contribution >= 4 is 11.9 Å². The van der Waals surface area contributed by atoms with E-state index < -0.39 is 11.9 Å². The number of carboxylic acid groups (broad SMARTS) is 2. The predicted octanol–water partition coefficient (Wildman–Crippen LogP) is 3.67. The number of hydrogen-bond acceptors (Lipinski definition) is 2. The number of rotatable bonds is 2. The molecule has 0 radical (unpaired) electrons. The Bertz CT molecular complexity index is 383. The summed E-state index contributed by atoms with van der Waals surface area (Å²) in [5.74, 6) is -1.09. The van der Waals surface area contributed by atoms with Crippen molar-refractivity contribution in [1.29, 1.82) is 0 Å². The van der Waals surface area contributed by atoms with Gasteiger partial charge in [-0.05, 0) is 30.2 Å². The summed E-state index contributed by atoms with van der Waals surface area (Å²) in [5, 5.41) is 16.9. The van der Waals surface area contributed by atoms with Crippen LogP contribution in [0, 0.1) is 5.92 Å². The molecule has 1 aliphatic rings. The second-order valence-corrected chi connectivity index (χ2v) is 4.93. The highest BCUT2D eigenvalue weighted by molar-refractivity contribution is 5.91. The first-order chi connectivity index (χ1) is 9.00. The van der Waals surface area contributed by atoms with Crippen LogP contribution in [0.1, 0.15) is 59.7 Å². The fourth-order valence-electron chi connectivity index (χ4n) is 2.06. The van der Waals surface area contributed by atoms with E-state index in [1.165, 1.54) is 56.4 Å². The fraction of sp³-hybridized carbons (Fsp3) is 0.467. The van der Waals surface area contributed by atoms with Gasteiger partial charge in [-0.1, -0.05) is 39.0 Å². The first-order valence-electron chi connectivity index (χ1n) is 6.57. The minimum atomic E-state index is -1.06. The lowest BCUT2D eigenvalue weighted by Gasteiger charge is -2.15. The molecule has 4 heteroatoms. The number of carboxylic acids is 2. The minimum Gasteiger partial charge on any atom is -0.478 e. The molecule has 0 aromatic heterocycles. The highest BCUT2D eigenvalue weighted by atomic mass is 16.4. The molecule has 1 aliphatic carbocycles. The zero-order valence-electron chi connectivity index (χ0n) is 11.1. The quantitative estimate of drug-likeness (QED) is 0.854. The monoisotopic (exact) mass is 264 g/mol. The summed E-state index contributed by atoms with van der Waals surface area (Å²) >= 11 is 0. The van der Waals surface area contributed by atoms with E-state index in [0.29, 0.717) is 0 Å². The average molecular weight is 264 g/mol. The van der Waals surface area contributed by atoms with Gasteiger partial charge in [-0.2, -0.15) is 0 Å². The van der Waals surface area contributed by atoms with Gasteiger partial charge in [0.2, 0.25) is 0 Å². The SMILES string of the molecule is CC1CCCCC1.O=C(O)c1ccc(C(=O)O)cc1. The molecule has 0 bridgehead atoms. The topological polar surface area (TPSA) is 74.6 Å². The largest absolute Gasteiger partial charge is 0.478 e. The van der Waals surface area contributed by atoms with Crippen LogP contribution in [0.5, 0.6) is 0 Å². The Kier molecular flexibility index (Phi) is 6.06. The molecule has 0 heterocycles. The Hall–Kier alpha value is -1.84. The van der Waals surface area contributed by atoms with Crippen LogP contribution in [-0.2, 0) is 0 Å². The molecule has 1 saturated carbocycles. The first-order valence-corrected chi connectivity index (χ1v) is 6.57. The van der Waals surface area contributed by atoms with Crippen molar-refractivity contribution in [1.82, 2.24) is 0 Å². The first kappa shape index (κ1) is 15.2. The molecule has 0 amide bonds. The molecule has 0 atom stereocenters. The Labute approximate surface area is 113 Å². The van der Waals surface area contributed by atoms with Crippen molar-refractivity contribution < 1.29 is 19.8 Å². The summed E-state index contributed by atoms with van der Waals surface area (Å²) in [4.78, 5) is 20.7. The van der Waals surface area contributed by atoms with Crippen LogP contribution in [-0.4, -0.2) is 22.2 Å². The summed E-state index contributed by atoms with van der Waals surface area (Å²) in [6.07, 6.45) is 7.44. The molecule has 0 aliphatic heterocycles. The average Bonchev–Trinajstić information content (AvgIpc) is 2.40. The number of benzene rings is 1. The molecule has 1 aromatic carbocycles. The van der Waals surface area contributed by atoms with Gasteiger partial charge in [-0.15, -0.1) is 0 Å². The van der Waals surface area contributed by atoms with Gasteiger partial charge in [0.05, 0.1) is 11.1 Å². The van der Waals surface area contributed by atoms with E-state index in [1.807, 2.05) is 0 Å². The van der Waals surface area contributed by atoms with Crippen molar-refractivity contribution in [3.63, 3.8) is 0 Å². The molecule has 4 nitrogen and oxygen atoms in total. The van der Waals surface area contributed by atoms with E-state index in [2.05, 4.69) is 6.92 Å². The summed E-state index contributed by atoms with van der Waals surface area (Å²) in [5.41, 5.74) is 0.167. The molecular formula is C15H20O4. The third-order valence-corrected chi connectivity index (χ3v) is 3.27. The Morgan fingerprint density at radius 2 is 1.26 bits per heavy atom. The highest BCUT2D eigenvalue weighted by Crippen LogP contribution is 2.22. The Morgan fingerprint density at radius 3 is 1.47 bits per heavy atom. The maximum Gasteiger partial charge on any atom is 0.335 e. The predicted molar refractivity (Wildman–Crippen MR) is 72.6 cm³/mol. The zero-order chi connectivity index (χ0) is 14.3. The molecule has 19 heavy (non-hydrogen) atoms. The summed E-state index contributed by atoms with van der Waals surface area (Å²) in [7, 11) is 0. The number of hydrogen-bond donors (Lipinski definition) is 2. The van der Waals surface area contributed by atoms with Gasteiger partial charge >= 0.3 is 11.9 Å². The second-order valence-electron chi connectivity index (χ2n) is 4.93. The second kappa shape index (κ2) is 7.56. The van der Waals surface area contributed by atoms with Gasteiger partial charge in [0, 0.05) is 0 Å². The van der Waals surface area contributed by atoms with Crippen molar-refractivity contribution in [2.24, 2.45) is 5.92 Å². The maximum atomic E-state index is 10.3. The normalized spacial score (nSPS) is 15.2. The molecule has 104 valence electrons. The van der Waals surface area contributed by atoms with E-state index >= 15 is 0 Å². The van der Waals surface area contributed by atoms with Crippen LogP contribution < -0.4 is 0 Å². The molecule has 1 aromatic rings. The fourth-order valence-corrected chi connectivity index (χ4v) is 2.06.